The molecule has 2 bridgehead atoms. The van der Waals surface area contributed by atoms with E-state index in [-0.39, 0.29) is 48.5 Å². The van der Waals surface area contributed by atoms with Crippen LogP contribution in [0.25, 0.3) is 0 Å². The van der Waals surface area contributed by atoms with Gasteiger partial charge in [-0.1, -0.05) is 72.8 Å². The van der Waals surface area contributed by atoms with E-state index >= 15 is 0 Å². The fourth-order valence-corrected chi connectivity index (χ4v) is 5.37. The van der Waals surface area contributed by atoms with Gasteiger partial charge in [0.15, 0.2) is 6.29 Å². The van der Waals surface area contributed by atoms with Gasteiger partial charge >= 0.3 is 0 Å². The number of rotatable bonds is 8. The first kappa shape index (κ1) is 22.8. The van der Waals surface area contributed by atoms with Crippen molar-refractivity contribution in [1.29, 1.82) is 0 Å². The molecule has 6 rings (SSSR count). The van der Waals surface area contributed by atoms with Crippen LogP contribution in [0.1, 0.15) is 29.2 Å². The molecule has 3 aromatic carbocycles. The van der Waals surface area contributed by atoms with E-state index < -0.39 is 0 Å². The summed E-state index contributed by atoms with van der Waals surface area (Å²) in [4.78, 5) is 0. The summed E-state index contributed by atoms with van der Waals surface area (Å²) in [5.41, 5.74) is 3.17. The zero-order chi connectivity index (χ0) is 23.6. The summed E-state index contributed by atoms with van der Waals surface area (Å²) in [5, 5.41) is 0. The molecule has 0 unspecified atom stereocenters. The Morgan fingerprint density at radius 1 is 0.743 bits per heavy atom. The second kappa shape index (κ2) is 10.2. The van der Waals surface area contributed by atoms with Crippen molar-refractivity contribution < 1.29 is 28.1 Å². The zero-order valence-corrected chi connectivity index (χ0v) is 19.4. The fraction of sp³-hybridized carbons (Fsp3) is 0.379. The zero-order valence-electron chi connectivity index (χ0n) is 19.4. The molecule has 7 atom stereocenters. The molecule has 182 valence electrons. The average Bonchev–Trinajstić information content (AvgIpc) is 3.50. The summed E-state index contributed by atoms with van der Waals surface area (Å²) in [6.07, 6.45) is -0.761. The van der Waals surface area contributed by atoms with Gasteiger partial charge in [-0.15, -0.1) is 0 Å². The third kappa shape index (κ3) is 4.90. The molecular weight excluding hydrogens is 447 g/mol. The highest BCUT2D eigenvalue weighted by Crippen LogP contribution is 2.49. The Morgan fingerprint density at radius 2 is 1.43 bits per heavy atom. The third-order valence-corrected chi connectivity index (χ3v) is 7.11. The monoisotopic (exact) mass is 476 g/mol. The first-order valence-corrected chi connectivity index (χ1v) is 12.2. The van der Waals surface area contributed by atoms with Crippen LogP contribution in [-0.2, 0) is 36.9 Å². The minimum atomic E-state index is -0.364. The molecule has 0 aliphatic carbocycles. The van der Waals surface area contributed by atoms with Crippen molar-refractivity contribution in [3.63, 3.8) is 0 Å². The van der Waals surface area contributed by atoms with E-state index in [1.165, 1.54) is 12.1 Å². The lowest BCUT2D eigenvalue weighted by Crippen LogP contribution is -2.52. The van der Waals surface area contributed by atoms with Gasteiger partial charge in [-0.2, -0.15) is 0 Å². The number of hydrogen-bond acceptors (Lipinski definition) is 5. The van der Waals surface area contributed by atoms with E-state index in [1.54, 1.807) is 12.1 Å². The molecule has 3 heterocycles. The van der Waals surface area contributed by atoms with Gasteiger partial charge in [0, 0.05) is 5.92 Å². The molecule has 0 saturated carbocycles. The standard InChI is InChI=1S/C29H29FO5/c30-22-13-11-21(12-14-22)24-15-23-26(33-24)28(32-17-20-9-5-2-6-10-20)27-25(34-29(23)35-27)18-31-16-19-7-3-1-4-8-19/h1-14,23-29H,15-18H2/t23-,24-,25-,26+,27+,28-,29+/m1/s1. The van der Waals surface area contributed by atoms with Crippen LogP contribution in [0.3, 0.4) is 0 Å². The lowest BCUT2D eigenvalue weighted by molar-refractivity contribution is -0.209. The summed E-state index contributed by atoms with van der Waals surface area (Å²) in [5.74, 6) is -0.224. The first-order valence-electron chi connectivity index (χ1n) is 12.2. The summed E-state index contributed by atoms with van der Waals surface area (Å²) in [6.45, 7) is 1.40. The Labute approximate surface area is 204 Å². The summed E-state index contributed by atoms with van der Waals surface area (Å²) >= 11 is 0. The molecule has 3 saturated heterocycles. The summed E-state index contributed by atoms with van der Waals surface area (Å²) in [6, 6.07) is 26.7. The number of hydrogen-bond donors (Lipinski definition) is 0. The SMILES string of the molecule is Fc1ccc([C@H]2C[C@H]3[C@@H]4O[C@H]([C@H](OCc5ccccc5)[C@H]3O2)[C@@H](COCc2ccccc2)O4)cc1. The van der Waals surface area contributed by atoms with Crippen LogP contribution in [0.4, 0.5) is 4.39 Å². The van der Waals surface area contributed by atoms with Crippen molar-refractivity contribution >= 4 is 0 Å². The Kier molecular flexibility index (Phi) is 6.63. The van der Waals surface area contributed by atoms with Crippen molar-refractivity contribution in [2.45, 2.75) is 56.4 Å². The molecule has 3 aromatic rings. The minimum absolute atomic E-state index is 0.0289. The molecule has 0 amide bonds. The van der Waals surface area contributed by atoms with Crippen LogP contribution in [0.5, 0.6) is 0 Å². The number of fused-ring (bicyclic) bond motifs is 4. The Balaban J connectivity index is 1.18. The van der Waals surface area contributed by atoms with Gasteiger partial charge < -0.3 is 23.7 Å². The molecular formula is C29H29FO5. The van der Waals surface area contributed by atoms with Gasteiger partial charge in [-0.05, 0) is 35.2 Å². The smallest absolute Gasteiger partial charge is 0.164 e. The quantitative estimate of drug-likeness (QED) is 0.447. The van der Waals surface area contributed by atoms with Crippen molar-refractivity contribution in [2.75, 3.05) is 6.61 Å². The number of ether oxygens (including phenoxy) is 5. The van der Waals surface area contributed by atoms with Crippen LogP contribution >= 0.6 is 0 Å². The highest BCUT2D eigenvalue weighted by Gasteiger charge is 2.59. The normalized spacial score (nSPS) is 31.4. The van der Waals surface area contributed by atoms with Crippen LogP contribution in [-0.4, -0.2) is 37.3 Å². The molecule has 5 nitrogen and oxygen atoms in total. The lowest BCUT2D eigenvalue weighted by atomic mass is 9.89. The lowest BCUT2D eigenvalue weighted by Gasteiger charge is -2.37. The van der Waals surface area contributed by atoms with E-state index in [4.69, 9.17) is 23.7 Å². The largest absolute Gasteiger partial charge is 0.374 e. The molecule has 0 radical (unpaired) electrons. The Bertz CT molecular complexity index is 1090. The highest BCUT2D eigenvalue weighted by atomic mass is 19.1. The maximum atomic E-state index is 13.5. The maximum absolute atomic E-state index is 13.5. The Morgan fingerprint density at radius 3 is 2.14 bits per heavy atom. The molecule has 3 aliphatic heterocycles. The second-order valence-corrected chi connectivity index (χ2v) is 9.45. The van der Waals surface area contributed by atoms with E-state index in [0.29, 0.717) is 19.8 Å². The minimum Gasteiger partial charge on any atom is -0.374 e. The summed E-state index contributed by atoms with van der Waals surface area (Å²) in [7, 11) is 0. The van der Waals surface area contributed by atoms with E-state index in [9.17, 15) is 4.39 Å². The van der Waals surface area contributed by atoms with Crippen LogP contribution in [0, 0.1) is 11.7 Å². The molecule has 0 spiro atoms. The van der Waals surface area contributed by atoms with Crippen molar-refractivity contribution in [3.05, 3.63) is 107 Å². The molecule has 0 N–H and O–H groups in total. The Hall–Kier alpha value is -2.61. The van der Waals surface area contributed by atoms with Crippen molar-refractivity contribution in [2.24, 2.45) is 5.92 Å². The molecule has 35 heavy (non-hydrogen) atoms. The molecule has 3 aliphatic rings. The van der Waals surface area contributed by atoms with E-state index in [2.05, 4.69) is 0 Å². The van der Waals surface area contributed by atoms with Gasteiger partial charge in [0.25, 0.3) is 0 Å². The van der Waals surface area contributed by atoms with Gasteiger partial charge in [-0.3, -0.25) is 0 Å². The van der Waals surface area contributed by atoms with Gasteiger partial charge in [0.2, 0.25) is 0 Å². The highest BCUT2D eigenvalue weighted by molar-refractivity contribution is 5.21. The topological polar surface area (TPSA) is 46.2 Å². The predicted molar refractivity (Wildman–Crippen MR) is 127 cm³/mol. The number of halogens is 1. The van der Waals surface area contributed by atoms with Gasteiger partial charge in [-0.25, -0.2) is 4.39 Å². The number of benzene rings is 3. The van der Waals surface area contributed by atoms with Gasteiger partial charge in [0.1, 0.15) is 24.1 Å². The average molecular weight is 477 g/mol. The maximum Gasteiger partial charge on any atom is 0.164 e. The van der Waals surface area contributed by atoms with Crippen molar-refractivity contribution in [3.8, 4) is 0 Å². The van der Waals surface area contributed by atoms with Crippen LogP contribution < -0.4 is 0 Å². The van der Waals surface area contributed by atoms with Crippen molar-refractivity contribution in [1.82, 2.24) is 0 Å². The second-order valence-electron chi connectivity index (χ2n) is 9.45. The molecule has 3 fully saturated rings. The molecule has 6 heteroatoms. The van der Waals surface area contributed by atoms with E-state index in [0.717, 1.165) is 23.1 Å². The van der Waals surface area contributed by atoms with Gasteiger partial charge in [0.05, 0.1) is 32.0 Å². The van der Waals surface area contributed by atoms with Crippen LogP contribution in [0.15, 0.2) is 84.9 Å². The fourth-order valence-electron chi connectivity index (χ4n) is 5.37. The predicted octanol–water partition coefficient (Wildman–Crippen LogP) is 5.20. The van der Waals surface area contributed by atoms with E-state index in [1.807, 2.05) is 60.7 Å². The molecule has 0 aromatic heterocycles. The van der Waals surface area contributed by atoms with Crippen LogP contribution in [0.2, 0.25) is 0 Å². The first-order chi connectivity index (χ1) is 17.2. The summed E-state index contributed by atoms with van der Waals surface area (Å²) < 4.78 is 45.2. The third-order valence-electron chi connectivity index (χ3n) is 7.11.